The zero-order chi connectivity index (χ0) is 38.6. The summed E-state index contributed by atoms with van der Waals surface area (Å²) in [6.07, 6.45) is 43.0. The Hall–Kier alpha value is -1.54. The van der Waals surface area contributed by atoms with Crippen molar-refractivity contribution in [2.75, 3.05) is 40.9 Å². The van der Waals surface area contributed by atoms with Gasteiger partial charge in [-0.2, -0.15) is 0 Å². The van der Waals surface area contributed by atoms with Gasteiger partial charge in [0.1, 0.15) is 13.2 Å². The maximum Gasteiger partial charge on any atom is 0.268 e. The molecule has 52 heavy (non-hydrogen) atoms. The van der Waals surface area contributed by atoms with E-state index in [-0.39, 0.29) is 12.5 Å². The SMILES string of the molecule is CCCCCC/C=C/CC/C=C/CC/C=C/C(O)C(COP(=O)([O-])OCC[N+](C)(C)C)NC(=O)CCCCCCC/C=C\CCCCCCCCC. The minimum absolute atomic E-state index is 0.0118. The number of carbonyl (C=O) groups excluding carboxylic acids is 1. The van der Waals surface area contributed by atoms with Crippen molar-refractivity contribution in [1.29, 1.82) is 0 Å². The zero-order valence-corrected chi connectivity index (χ0v) is 35.1. The van der Waals surface area contributed by atoms with E-state index in [1.54, 1.807) is 6.08 Å². The molecule has 0 aliphatic carbocycles. The Morgan fingerprint density at radius 3 is 1.58 bits per heavy atom. The highest BCUT2D eigenvalue weighted by Crippen LogP contribution is 2.38. The number of aliphatic hydroxyl groups is 1. The molecule has 0 saturated heterocycles. The summed E-state index contributed by atoms with van der Waals surface area (Å²) in [6, 6.07) is -0.912. The van der Waals surface area contributed by atoms with Crippen LogP contribution in [0, 0.1) is 0 Å². The van der Waals surface area contributed by atoms with Crippen LogP contribution in [0.15, 0.2) is 48.6 Å². The van der Waals surface area contributed by atoms with Crippen LogP contribution in [0.3, 0.4) is 0 Å². The molecule has 0 spiro atoms. The minimum atomic E-state index is -4.60. The minimum Gasteiger partial charge on any atom is -0.756 e. The second-order valence-corrected chi connectivity index (χ2v) is 16.7. The van der Waals surface area contributed by atoms with Crippen molar-refractivity contribution in [3.05, 3.63) is 48.6 Å². The van der Waals surface area contributed by atoms with E-state index in [9.17, 15) is 19.4 Å². The number of hydrogen-bond donors (Lipinski definition) is 2. The van der Waals surface area contributed by atoms with Crippen LogP contribution < -0.4 is 10.2 Å². The summed E-state index contributed by atoms with van der Waals surface area (Å²) in [7, 11) is 1.22. The third-order valence-corrected chi connectivity index (χ3v) is 9.95. The van der Waals surface area contributed by atoms with Gasteiger partial charge in [0.2, 0.25) is 5.91 Å². The summed E-state index contributed by atoms with van der Waals surface area (Å²) in [5.74, 6) is -0.223. The molecule has 0 aliphatic heterocycles. The number of nitrogens with zero attached hydrogens (tertiary/aromatic N) is 1. The molecule has 0 aromatic carbocycles. The number of hydrogen-bond acceptors (Lipinski definition) is 6. The van der Waals surface area contributed by atoms with Crippen LogP contribution in [0.25, 0.3) is 0 Å². The Morgan fingerprint density at radius 1 is 0.654 bits per heavy atom. The molecule has 0 aromatic heterocycles. The van der Waals surface area contributed by atoms with Gasteiger partial charge in [-0.15, -0.1) is 0 Å². The Balaban J connectivity index is 4.56. The average Bonchev–Trinajstić information content (AvgIpc) is 3.09. The molecule has 0 rings (SSSR count). The van der Waals surface area contributed by atoms with E-state index in [4.69, 9.17) is 9.05 Å². The first kappa shape index (κ1) is 50.5. The fraction of sp³-hybridized carbons (Fsp3) is 0.791. The van der Waals surface area contributed by atoms with E-state index in [1.807, 2.05) is 27.2 Å². The van der Waals surface area contributed by atoms with Gasteiger partial charge in [-0.05, 0) is 70.6 Å². The monoisotopic (exact) mass is 753 g/mol. The first-order chi connectivity index (χ1) is 25.0. The molecule has 0 heterocycles. The summed E-state index contributed by atoms with van der Waals surface area (Å²) in [5, 5.41) is 13.7. The number of unbranched alkanes of at least 4 members (excludes halogenated alkanes) is 18. The van der Waals surface area contributed by atoms with Gasteiger partial charge < -0.3 is 28.8 Å². The number of aliphatic hydroxyl groups excluding tert-OH is 1. The second-order valence-electron chi connectivity index (χ2n) is 15.3. The molecule has 0 aromatic rings. The molecule has 0 bridgehead atoms. The molecule has 0 aliphatic rings. The first-order valence-corrected chi connectivity index (χ1v) is 22.5. The molecule has 9 heteroatoms. The third kappa shape index (κ3) is 36.8. The third-order valence-electron chi connectivity index (χ3n) is 8.99. The Kier molecular flexibility index (Phi) is 34.1. The molecule has 0 radical (unpaired) electrons. The fourth-order valence-corrected chi connectivity index (χ4v) is 6.31. The van der Waals surface area contributed by atoms with Crippen molar-refractivity contribution < 1.29 is 32.9 Å². The lowest BCUT2D eigenvalue weighted by Gasteiger charge is -2.29. The van der Waals surface area contributed by atoms with Crippen molar-refractivity contribution in [3.63, 3.8) is 0 Å². The lowest BCUT2D eigenvalue weighted by molar-refractivity contribution is -0.870. The van der Waals surface area contributed by atoms with Crippen LogP contribution in [0.1, 0.15) is 168 Å². The standard InChI is InChI=1S/C43H81N2O6P/c1-6-8-10-12-14-16-18-20-22-23-25-27-29-31-33-35-37-43(47)44-41(40-51-52(48,49)50-39-38-45(3,4)5)42(46)36-34-32-30-28-26-24-21-19-17-15-13-11-9-7-2/h17,19,22-23,26,28,34,36,41-42,46H,6-16,18,20-21,24-25,27,29-33,35,37-40H2,1-5H3,(H-,44,47,48,49)/b19-17+,23-22-,28-26+,36-34+. The first-order valence-electron chi connectivity index (χ1n) is 21.0. The predicted octanol–water partition coefficient (Wildman–Crippen LogP) is 10.7. The van der Waals surface area contributed by atoms with Crippen LogP contribution in [0.4, 0.5) is 0 Å². The van der Waals surface area contributed by atoms with E-state index in [0.717, 1.165) is 70.6 Å². The topological polar surface area (TPSA) is 108 Å². The molecule has 2 N–H and O–H groups in total. The summed E-state index contributed by atoms with van der Waals surface area (Å²) >= 11 is 0. The highest BCUT2D eigenvalue weighted by atomic mass is 31.2. The number of allylic oxidation sites excluding steroid dienone is 7. The second kappa shape index (κ2) is 35.2. The van der Waals surface area contributed by atoms with Gasteiger partial charge >= 0.3 is 0 Å². The van der Waals surface area contributed by atoms with Crippen LogP contribution in [0.5, 0.6) is 0 Å². The molecular formula is C43H81N2O6P. The molecule has 3 atom stereocenters. The van der Waals surface area contributed by atoms with E-state index >= 15 is 0 Å². The van der Waals surface area contributed by atoms with E-state index in [0.29, 0.717) is 17.4 Å². The quantitative estimate of drug-likeness (QED) is 0.0283. The Labute approximate surface area is 320 Å². The van der Waals surface area contributed by atoms with Crippen molar-refractivity contribution in [3.8, 4) is 0 Å². The van der Waals surface area contributed by atoms with Gasteiger partial charge in [-0.3, -0.25) is 9.36 Å². The van der Waals surface area contributed by atoms with E-state index in [1.165, 1.54) is 77.0 Å². The van der Waals surface area contributed by atoms with Crippen molar-refractivity contribution >= 4 is 13.7 Å². The van der Waals surface area contributed by atoms with Gasteiger partial charge in [0.25, 0.3) is 7.82 Å². The van der Waals surface area contributed by atoms with Gasteiger partial charge in [0, 0.05) is 6.42 Å². The molecule has 8 nitrogen and oxygen atoms in total. The summed E-state index contributed by atoms with van der Waals surface area (Å²) in [6.45, 7) is 4.56. The molecule has 0 saturated carbocycles. The highest BCUT2D eigenvalue weighted by Gasteiger charge is 2.23. The van der Waals surface area contributed by atoms with Crippen LogP contribution >= 0.6 is 7.82 Å². The number of amides is 1. The average molecular weight is 753 g/mol. The van der Waals surface area contributed by atoms with Crippen molar-refractivity contribution in [2.45, 2.75) is 180 Å². The van der Waals surface area contributed by atoms with Gasteiger partial charge in [0.15, 0.2) is 0 Å². The smallest absolute Gasteiger partial charge is 0.268 e. The Bertz CT molecular complexity index is 991. The number of phosphoric acid groups is 1. The number of likely N-dealkylation sites (N-methyl/N-ethyl adjacent to an activating group) is 1. The maximum atomic E-state index is 12.8. The Morgan fingerprint density at radius 2 is 1.08 bits per heavy atom. The van der Waals surface area contributed by atoms with E-state index < -0.39 is 26.6 Å². The fourth-order valence-electron chi connectivity index (χ4n) is 5.59. The number of nitrogens with one attached hydrogen (secondary N) is 1. The zero-order valence-electron chi connectivity index (χ0n) is 34.2. The summed E-state index contributed by atoms with van der Waals surface area (Å²) in [4.78, 5) is 25.2. The number of quaternary nitrogens is 1. The lowest BCUT2D eigenvalue weighted by atomic mass is 10.1. The molecular weight excluding hydrogens is 671 g/mol. The lowest BCUT2D eigenvalue weighted by Crippen LogP contribution is -2.45. The number of phosphoric ester groups is 1. The van der Waals surface area contributed by atoms with Crippen molar-refractivity contribution in [1.82, 2.24) is 5.32 Å². The van der Waals surface area contributed by atoms with Gasteiger partial charge in [-0.1, -0.05) is 140 Å². The van der Waals surface area contributed by atoms with Crippen LogP contribution in [-0.4, -0.2) is 68.5 Å². The molecule has 304 valence electrons. The van der Waals surface area contributed by atoms with Gasteiger partial charge in [0.05, 0.1) is 39.9 Å². The number of rotatable bonds is 37. The van der Waals surface area contributed by atoms with Gasteiger partial charge in [-0.25, -0.2) is 0 Å². The summed E-state index contributed by atoms with van der Waals surface area (Å²) in [5.41, 5.74) is 0. The molecule has 0 fully saturated rings. The predicted molar refractivity (Wildman–Crippen MR) is 219 cm³/mol. The van der Waals surface area contributed by atoms with Crippen molar-refractivity contribution in [2.24, 2.45) is 0 Å². The van der Waals surface area contributed by atoms with Crippen LogP contribution in [-0.2, 0) is 18.4 Å². The molecule has 1 amide bonds. The largest absolute Gasteiger partial charge is 0.756 e. The summed E-state index contributed by atoms with van der Waals surface area (Å²) < 4.78 is 23.1. The normalized spacial score (nSPS) is 15.0. The van der Waals surface area contributed by atoms with Crippen LogP contribution in [0.2, 0.25) is 0 Å². The van der Waals surface area contributed by atoms with E-state index in [2.05, 4.69) is 55.6 Å². The maximum absolute atomic E-state index is 12.8. The number of carbonyl (C=O) groups is 1. The highest BCUT2D eigenvalue weighted by molar-refractivity contribution is 7.45. The molecule has 3 unspecified atom stereocenters.